The fourth-order valence-corrected chi connectivity index (χ4v) is 3.59. The molecule has 4 rings (SSSR count). The number of nitrogens with zero attached hydrogens (tertiary/aromatic N) is 6. The van der Waals surface area contributed by atoms with Gasteiger partial charge in [-0.25, -0.2) is 4.98 Å². The van der Waals surface area contributed by atoms with Gasteiger partial charge in [0.25, 0.3) is 0 Å². The van der Waals surface area contributed by atoms with Crippen molar-refractivity contribution in [3.63, 3.8) is 0 Å². The summed E-state index contributed by atoms with van der Waals surface area (Å²) in [5.41, 5.74) is 1.61. The van der Waals surface area contributed by atoms with Gasteiger partial charge < -0.3 is 0 Å². The Balaban J connectivity index is 1.64. The second kappa shape index (κ2) is 7.00. The molecule has 2 aromatic carbocycles. The maximum atomic E-state index is 13.5. The van der Waals surface area contributed by atoms with Gasteiger partial charge >= 0.3 is 6.55 Å². The van der Waals surface area contributed by atoms with Crippen LogP contribution in [0.2, 0.25) is 5.02 Å². The van der Waals surface area contributed by atoms with Crippen LogP contribution < -0.4 is 0 Å². The van der Waals surface area contributed by atoms with Gasteiger partial charge in [-0.1, -0.05) is 41.6 Å². The molecule has 26 heavy (non-hydrogen) atoms. The molecule has 0 saturated heterocycles. The summed E-state index contributed by atoms with van der Waals surface area (Å²) >= 11 is 7.22. The average Bonchev–Trinajstić information content (AvgIpc) is 3.23. The lowest BCUT2D eigenvalue weighted by Gasteiger charge is -2.08. The van der Waals surface area contributed by atoms with Gasteiger partial charge in [0.15, 0.2) is 0 Å². The van der Waals surface area contributed by atoms with Crippen LogP contribution >= 0.6 is 23.4 Å². The van der Waals surface area contributed by atoms with Crippen LogP contribution in [-0.4, -0.2) is 29.8 Å². The van der Waals surface area contributed by atoms with E-state index in [-0.39, 0.29) is 11.6 Å². The quantitative estimate of drug-likeness (QED) is 0.472. The summed E-state index contributed by atoms with van der Waals surface area (Å²) in [6, 6.07) is 13.9. The van der Waals surface area contributed by atoms with Gasteiger partial charge in [-0.15, -0.1) is 5.10 Å². The highest BCUT2D eigenvalue weighted by Gasteiger charge is 2.19. The summed E-state index contributed by atoms with van der Waals surface area (Å²) in [6.45, 7) is -2.68. The Bertz CT molecular complexity index is 1060. The van der Waals surface area contributed by atoms with E-state index in [9.17, 15) is 8.78 Å². The van der Waals surface area contributed by atoms with Crippen LogP contribution in [0.1, 0.15) is 12.4 Å². The molecule has 0 saturated carbocycles. The molecule has 0 bridgehead atoms. The number of tetrazole rings is 1. The molecule has 2 aromatic heterocycles. The number of alkyl halides is 2. The second-order valence-electron chi connectivity index (χ2n) is 5.31. The molecular weight excluding hydrogens is 382 g/mol. The number of hydrogen-bond donors (Lipinski definition) is 0. The molecule has 0 fully saturated rings. The molecule has 0 aliphatic carbocycles. The Morgan fingerprint density at radius 3 is 2.77 bits per heavy atom. The van der Waals surface area contributed by atoms with Gasteiger partial charge in [-0.2, -0.15) is 13.5 Å². The molecule has 0 atom stereocenters. The SMILES string of the molecule is FC(F)n1c(CSc2nnnn2-c2cccc(Cl)c2)nc2ccccc21. The number of aromatic nitrogens is 6. The van der Waals surface area contributed by atoms with Crippen LogP contribution in [0.15, 0.2) is 53.7 Å². The summed E-state index contributed by atoms with van der Waals surface area (Å²) in [5.74, 6) is 0.451. The molecule has 6 nitrogen and oxygen atoms in total. The van der Waals surface area contributed by atoms with E-state index in [1.807, 2.05) is 0 Å². The van der Waals surface area contributed by atoms with Crippen molar-refractivity contribution in [1.29, 1.82) is 0 Å². The normalized spacial score (nSPS) is 11.5. The van der Waals surface area contributed by atoms with Crippen molar-refractivity contribution < 1.29 is 8.78 Å². The molecule has 0 aliphatic heterocycles. The number of rotatable bonds is 5. The topological polar surface area (TPSA) is 61.4 Å². The fourth-order valence-electron chi connectivity index (χ4n) is 2.58. The van der Waals surface area contributed by atoms with E-state index in [0.29, 0.717) is 26.9 Å². The summed E-state index contributed by atoms with van der Waals surface area (Å²) < 4.78 is 29.4. The minimum Gasteiger partial charge on any atom is -0.269 e. The first-order valence-electron chi connectivity index (χ1n) is 7.54. The van der Waals surface area contributed by atoms with Gasteiger partial charge in [-0.05, 0) is 40.8 Å². The summed E-state index contributed by atoms with van der Waals surface area (Å²) in [6.07, 6.45) is 0. The Morgan fingerprint density at radius 1 is 1.12 bits per heavy atom. The van der Waals surface area contributed by atoms with Crippen molar-refractivity contribution in [2.24, 2.45) is 0 Å². The molecule has 0 unspecified atom stereocenters. The van der Waals surface area contributed by atoms with Crippen LogP contribution in [0, 0.1) is 0 Å². The van der Waals surface area contributed by atoms with Gasteiger partial charge in [0.1, 0.15) is 5.82 Å². The molecule has 2 heterocycles. The number of imidazole rings is 1. The standard InChI is InChI=1S/C16H11ClF2N6S/c17-10-4-3-5-11(8-10)25-16(21-22-23-25)26-9-14-20-12-6-1-2-7-13(12)24(14)15(18)19/h1-8,15H,9H2. The minimum atomic E-state index is -2.68. The molecule has 4 aromatic rings. The minimum absolute atomic E-state index is 0.194. The van der Waals surface area contributed by atoms with E-state index in [1.54, 1.807) is 48.5 Å². The Hall–Kier alpha value is -2.52. The van der Waals surface area contributed by atoms with Gasteiger partial charge in [0.05, 0.1) is 22.5 Å². The molecule has 0 spiro atoms. The van der Waals surface area contributed by atoms with Crippen LogP contribution in [0.25, 0.3) is 16.7 Å². The van der Waals surface area contributed by atoms with Crippen LogP contribution in [0.3, 0.4) is 0 Å². The van der Waals surface area contributed by atoms with Crippen molar-refractivity contribution in [3.8, 4) is 5.69 Å². The van der Waals surface area contributed by atoms with Crippen LogP contribution in [0.5, 0.6) is 0 Å². The first-order valence-corrected chi connectivity index (χ1v) is 8.91. The van der Waals surface area contributed by atoms with Crippen molar-refractivity contribution in [3.05, 3.63) is 59.4 Å². The van der Waals surface area contributed by atoms with E-state index in [4.69, 9.17) is 11.6 Å². The number of benzene rings is 2. The van der Waals surface area contributed by atoms with E-state index in [0.717, 1.165) is 4.57 Å². The highest BCUT2D eigenvalue weighted by atomic mass is 35.5. The Kier molecular flexibility index (Phi) is 4.56. The van der Waals surface area contributed by atoms with E-state index in [2.05, 4.69) is 20.5 Å². The number of para-hydroxylation sites is 2. The largest absolute Gasteiger partial charge is 0.320 e. The lowest BCUT2D eigenvalue weighted by atomic mass is 10.3. The molecule has 0 radical (unpaired) electrons. The lowest BCUT2D eigenvalue weighted by Crippen LogP contribution is -2.04. The molecule has 0 N–H and O–H groups in total. The molecule has 132 valence electrons. The lowest BCUT2D eigenvalue weighted by molar-refractivity contribution is 0.0722. The highest BCUT2D eigenvalue weighted by molar-refractivity contribution is 7.98. The predicted octanol–water partition coefficient (Wildman–Crippen LogP) is 4.35. The zero-order valence-electron chi connectivity index (χ0n) is 13.1. The summed E-state index contributed by atoms with van der Waals surface area (Å²) in [5, 5.41) is 12.6. The molecule has 10 heteroatoms. The average molecular weight is 393 g/mol. The van der Waals surface area contributed by atoms with Gasteiger partial charge in [0.2, 0.25) is 5.16 Å². The molecular formula is C16H11ClF2N6S. The predicted molar refractivity (Wildman–Crippen MR) is 94.7 cm³/mol. The third kappa shape index (κ3) is 3.15. The summed E-state index contributed by atoms with van der Waals surface area (Å²) in [4.78, 5) is 4.31. The molecule has 0 amide bonds. The van der Waals surface area contributed by atoms with Crippen molar-refractivity contribution in [1.82, 2.24) is 29.8 Å². The van der Waals surface area contributed by atoms with Crippen molar-refractivity contribution >= 4 is 34.4 Å². The van der Waals surface area contributed by atoms with Crippen molar-refractivity contribution in [2.75, 3.05) is 0 Å². The fraction of sp³-hybridized carbons (Fsp3) is 0.125. The van der Waals surface area contributed by atoms with E-state index < -0.39 is 6.55 Å². The number of hydrogen-bond acceptors (Lipinski definition) is 5. The Labute approximate surface area is 155 Å². The zero-order chi connectivity index (χ0) is 18.1. The van der Waals surface area contributed by atoms with Crippen LogP contribution in [0.4, 0.5) is 8.78 Å². The summed E-state index contributed by atoms with van der Waals surface area (Å²) in [7, 11) is 0. The first kappa shape index (κ1) is 16.9. The third-order valence-electron chi connectivity index (χ3n) is 3.69. The monoisotopic (exact) mass is 392 g/mol. The van der Waals surface area contributed by atoms with Crippen LogP contribution in [-0.2, 0) is 5.75 Å². The zero-order valence-corrected chi connectivity index (χ0v) is 14.7. The maximum Gasteiger partial charge on any atom is 0.320 e. The van der Waals surface area contributed by atoms with Crippen molar-refractivity contribution in [2.45, 2.75) is 17.5 Å². The highest BCUT2D eigenvalue weighted by Crippen LogP contribution is 2.28. The number of thioether (sulfide) groups is 1. The first-order chi connectivity index (χ1) is 12.6. The van der Waals surface area contributed by atoms with Gasteiger partial charge in [0, 0.05) is 5.02 Å². The van der Waals surface area contributed by atoms with E-state index >= 15 is 0 Å². The Morgan fingerprint density at radius 2 is 1.96 bits per heavy atom. The second-order valence-corrected chi connectivity index (χ2v) is 6.69. The number of halogens is 3. The smallest absolute Gasteiger partial charge is 0.269 e. The van der Waals surface area contributed by atoms with Gasteiger partial charge in [-0.3, -0.25) is 4.57 Å². The molecule has 0 aliphatic rings. The number of fused-ring (bicyclic) bond motifs is 1. The third-order valence-corrected chi connectivity index (χ3v) is 4.84. The van der Waals surface area contributed by atoms with E-state index in [1.165, 1.54) is 16.4 Å². The maximum absolute atomic E-state index is 13.5.